The second kappa shape index (κ2) is 6.75. The number of alkyl halides is 1. The van der Waals surface area contributed by atoms with E-state index in [4.69, 9.17) is 0 Å². The second-order valence-corrected chi connectivity index (χ2v) is 5.46. The number of hydrogen-bond acceptors (Lipinski definition) is 5. The van der Waals surface area contributed by atoms with Crippen LogP contribution in [-0.2, 0) is 19.6 Å². The van der Waals surface area contributed by atoms with Gasteiger partial charge in [-0.25, -0.2) is 14.1 Å². The largest absolute Gasteiger partial charge is 0.296 e. The first-order valence-electron chi connectivity index (χ1n) is 7.34. The Balaban J connectivity index is 1.57. The summed E-state index contributed by atoms with van der Waals surface area (Å²) in [4.78, 5) is 6.61. The number of aromatic nitrogens is 6. The quantitative estimate of drug-likeness (QED) is 0.786. The third-order valence-electron chi connectivity index (χ3n) is 3.88. The van der Waals surface area contributed by atoms with Gasteiger partial charge in [0.2, 0.25) is 0 Å². The first kappa shape index (κ1) is 14.1. The van der Waals surface area contributed by atoms with Gasteiger partial charge in [0.1, 0.15) is 18.8 Å². The van der Waals surface area contributed by atoms with Crippen LogP contribution in [0.4, 0.5) is 4.39 Å². The normalized spacial score (nSPS) is 20.0. The average Bonchev–Trinajstić information content (AvgIpc) is 3.13. The molecule has 21 heavy (non-hydrogen) atoms. The number of likely N-dealkylation sites (tertiary alicyclic amines) is 1. The van der Waals surface area contributed by atoms with Gasteiger partial charge in [-0.1, -0.05) is 5.21 Å². The van der Waals surface area contributed by atoms with Gasteiger partial charge in [0, 0.05) is 19.3 Å². The fourth-order valence-corrected chi connectivity index (χ4v) is 2.92. The smallest absolute Gasteiger partial charge is 0.141 e. The molecule has 1 saturated heterocycles. The minimum atomic E-state index is -0.411. The minimum Gasteiger partial charge on any atom is -0.296 e. The summed E-state index contributed by atoms with van der Waals surface area (Å²) in [5, 5.41) is 11.9. The third-order valence-corrected chi connectivity index (χ3v) is 3.88. The van der Waals surface area contributed by atoms with Gasteiger partial charge in [0.15, 0.2) is 0 Å². The van der Waals surface area contributed by atoms with Crippen LogP contribution in [0.3, 0.4) is 0 Å². The predicted octanol–water partition coefficient (Wildman–Crippen LogP) is 0.751. The Morgan fingerprint density at radius 2 is 2.33 bits per heavy atom. The van der Waals surface area contributed by atoms with Crippen molar-refractivity contribution in [1.82, 2.24) is 34.7 Å². The van der Waals surface area contributed by atoms with Crippen LogP contribution >= 0.6 is 0 Å². The van der Waals surface area contributed by atoms with E-state index in [1.54, 1.807) is 10.9 Å². The Bertz CT molecular complexity index is 538. The Kier molecular flexibility index (Phi) is 4.54. The molecule has 1 aliphatic rings. The van der Waals surface area contributed by atoms with Crippen molar-refractivity contribution in [1.29, 1.82) is 0 Å². The van der Waals surface area contributed by atoms with E-state index in [2.05, 4.69) is 25.3 Å². The molecule has 0 saturated carbocycles. The van der Waals surface area contributed by atoms with E-state index in [0.717, 1.165) is 38.4 Å². The lowest BCUT2D eigenvalue weighted by atomic mass is 9.98. The van der Waals surface area contributed by atoms with E-state index in [-0.39, 0.29) is 6.54 Å². The van der Waals surface area contributed by atoms with Crippen LogP contribution in [0.15, 0.2) is 18.7 Å². The van der Waals surface area contributed by atoms with Crippen LogP contribution in [-0.4, -0.2) is 54.4 Å². The van der Waals surface area contributed by atoms with E-state index in [1.807, 2.05) is 10.9 Å². The van der Waals surface area contributed by atoms with Crippen LogP contribution in [0.1, 0.15) is 18.7 Å². The maximum Gasteiger partial charge on any atom is 0.141 e. The predicted molar refractivity (Wildman–Crippen MR) is 74.0 cm³/mol. The van der Waals surface area contributed by atoms with Crippen molar-refractivity contribution in [3.05, 3.63) is 24.5 Å². The minimum absolute atomic E-state index is 0.283. The maximum absolute atomic E-state index is 12.5. The molecular weight excluding hydrogens is 273 g/mol. The van der Waals surface area contributed by atoms with Crippen LogP contribution in [0.25, 0.3) is 0 Å². The van der Waals surface area contributed by atoms with Crippen LogP contribution in [0.5, 0.6) is 0 Å². The van der Waals surface area contributed by atoms with Crippen molar-refractivity contribution < 1.29 is 4.39 Å². The average molecular weight is 293 g/mol. The van der Waals surface area contributed by atoms with Gasteiger partial charge in [-0.2, -0.15) is 5.10 Å². The molecule has 1 atom stereocenters. The zero-order valence-corrected chi connectivity index (χ0v) is 12.0. The molecule has 0 spiro atoms. The molecule has 0 radical (unpaired) electrons. The number of rotatable bonds is 6. The summed E-state index contributed by atoms with van der Waals surface area (Å²) in [7, 11) is 0. The van der Waals surface area contributed by atoms with Gasteiger partial charge < -0.3 is 0 Å². The van der Waals surface area contributed by atoms with Gasteiger partial charge in [-0.15, -0.1) is 5.10 Å². The Morgan fingerprint density at radius 1 is 1.38 bits per heavy atom. The molecule has 0 bridgehead atoms. The summed E-state index contributed by atoms with van der Waals surface area (Å²) in [6.45, 7) is 3.55. The fourth-order valence-electron chi connectivity index (χ4n) is 2.92. The summed E-state index contributed by atoms with van der Waals surface area (Å²) in [5.74, 6) is 1.41. The Morgan fingerprint density at radius 3 is 3.14 bits per heavy atom. The highest BCUT2D eigenvalue weighted by atomic mass is 19.1. The van der Waals surface area contributed by atoms with Crippen LogP contribution in [0, 0.1) is 5.92 Å². The number of aryl methyl sites for hydroxylation is 1. The Labute approximate surface area is 122 Å². The van der Waals surface area contributed by atoms with Gasteiger partial charge in [0.05, 0.1) is 19.3 Å². The molecule has 0 unspecified atom stereocenters. The molecule has 0 aromatic carbocycles. The summed E-state index contributed by atoms with van der Waals surface area (Å²) in [6, 6.07) is 0. The zero-order valence-electron chi connectivity index (χ0n) is 12.0. The SMILES string of the molecule is FCCn1ncnc1CN1CCC[C@@H](Cn2ccnn2)C1. The molecule has 3 heterocycles. The number of halogens is 1. The molecule has 2 aromatic heterocycles. The zero-order chi connectivity index (χ0) is 14.5. The third kappa shape index (κ3) is 3.63. The van der Waals surface area contributed by atoms with Crippen LogP contribution < -0.4 is 0 Å². The standard InChI is InChI=1S/C13H20FN7/c14-3-6-21-13(15-11-17-21)10-19-5-1-2-12(8-19)9-20-7-4-16-18-20/h4,7,11-12H,1-3,5-6,8-10H2/t12-/m1/s1. The van der Waals surface area contributed by atoms with Crippen molar-refractivity contribution in [2.24, 2.45) is 5.92 Å². The van der Waals surface area contributed by atoms with Crippen molar-refractivity contribution in [3.63, 3.8) is 0 Å². The van der Waals surface area contributed by atoms with Gasteiger partial charge in [0.25, 0.3) is 0 Å². The first-order chi connectivity index (χ1) is 10.3. The molecule has 3 rings (SSSR count). The van der Waals surface area contributed by atoms with Crippen molar-refractivity contribution >= 4 is 0 Å². The van der Waals surface area contributed by atoms with Crippen molar-refractivity contribution in [2.45, 2.75) is 32.5 Å². The number of nitrogens with zero attached hydrogens (tertiary/aromatic N) is 7. The van der Waals surface area contributed by atoms with E-state index in [9.17, 15) is 4.39 Å². The summed E-state index contributed by atoms with van der Waals surface area (Å²) >= 11 is 0. The van der Waals surface area contributed by atoms with E-state index >= 15 is 0 Å². The molecule has 0 N–H and O–H groups in total. The lowest BCUT2D eigenvalue weighted by molar-refractivity contribution is 0.147. The number of piperidine rings is 1. The molecule has 7 nitrogen and oxygen atoms in total. The highest BCUT2D eigenvalue weighted by Gasteiger charge is 2.22. The lowest BCUT2D eigenvalue weighted by Crippen LogP contribution is -2.37. The molecule has 2 aromatic rings. The highest BCUT2D eigenvalue weighted by Crippen LogP contribution is 2.19. The van der Waals surface area contributed by atoms with Crippen molar-refractivity contribution in [2.75, 3.05) is 19.8 Å². The molecule has 114 valence electrons. The summed E-state index contributed by atoms with van der Waals surface area (Å²) in [5.41, 5.74) is 0. The van der Waals surface area contributed by atoms with E-state index < -0.39 is 6.67 Å². The molecule has 0 aliphatic carbocycles. The maximum atomic E-state index is 12.5. The van der Waals surface area contributed by atoms with E-state index in [0.29, 0.717) is 5.92 Å². The molecule has 1 aliphatic heterocycles. The monoisotopic (exact) mass is 293 g/mol. The molecule has 1 fully saturated rings. The van der Waals surface area contributed by atoms with Gasteiger partial charge >= 0.3 is 0 Å². The lowest BCUT2D eigenvalue weighted by Gasteiger charge is -2.32. The second-order valence-electron chi connectivity index (χ2n) is 5.46. The topological polar surface area (TPSA) is 64.7 Å². The Hall–Kier alpha value is -1.83. The highest BCUT2D eigenvalue weighted by molar-refractivity contribution is 4.86. The number of hydrogen-bond donors (Lipinski definition) is 0. The molecule has 8 heteroatoms. The molecule has 0 amide bonds. The van der Waals surface area contributed by atoms with E-state index in [1.165, 1.54) is 12.7 Å². The molecular formula is C13H20FN7. The first-order valence-corrected chi connectivity index (χ1v) is 7.34. The summed E-state index contributed by atoms with van der Waals surface area (Å²) < 4.78 is 16.0. The van der Waals surface area contributed by atoms with Crippen LogP contribution in [0.2, 0.25) is 0 Å². The summed E-state index contributed by atoms with van der Waals surface area (Å²) in [6.07, 6.45) is 7.48. The van der Waals surface area contributed by atoms with Gasteiger partial charge in [-0.05, 0) is 25.3 Å². The van der Waals surface area contributed by atoms with Gasteiger partial charge in [-0.3, -0.25) is 9.58 Å². The fraction of sp³-hybridized carbons (Fsp3) is 0.692. The van der Waals surface area contributed by atoms with Crippen molar-refractivity contribution in [3.8, 4) is 0 Å².